The quantitative estimate of drug-likeness (QED) is 0.884. The highest BCUT2D eigenvalue weighted by atomic mass is 79.9. The Kier molecular flexibility index (Phi) is 3.42. The molecule has 0 spiro atoms. The summed E-state index contributed by atoms with van der Waals surface area (Å²) in [5, 5.41) is 9.85. The second-order valence-electron chi connectivity index (χ2n) is 5.89. The minimum Gasteiger partial charge on any atom is -0.481 e. The number of rotatable bonds is 2. The van der Waals surface area contributed by atoms with Crippen molar-refractivity contribution >= 4 is 21.9 Å². The van der Waals surface area contributed by atoms with Gasteiger partial charge in [0.05, 0.1) is 5.41 Å². The maximum Gasteiger partial charge on any atom is 0.314 e. The monoisotopic (exact) mass is 322 g/mol. The zero-order valence-electron chi connectivity index (χ0n) is 11.0. The average molecular weight is 323 g/mol. The Morgan fingerprint density at radius 3 is 2.53 bits per heavy atom. The lowest BCUT2D eigenvalue weighted by Crippen LogP contribution is -2.38. The summed E-state index contributed by atoms with van der Waals surface area (Å²) in [5.41, 5.74) is 3.15. The van der Waals surface area contributed by atoms with E-state index in [4.69, 9.17) is 0 Å². The molecule has 3 heteroatoms. The summed E-state index contributed by atoms with van der Waals surface area (Å²) in [4.78, 5) is 12.0. The van der Waals surface area contributed by atoms with Gasteiger partial charge in [-0.15, -0.1) is 0 Å². The van der Waals surface area contributed by atoms with Crippen molar-refractivity contribution in [2.75, 3.05) is 0 Å². The molecule has 19 heavy (non-hydrogen) atoms. The summed E-state index contributed by atoms with van der Waals surface area (Å²) in [6, 6.07) is 4.24. The Hall–Kier alpha value is -0.830. The molecule has 1 N–H and O–H groups in total. The Morgan fingerprint density at radius 2 is 1.84 bits per heavy atom. The first-order chi connectivity index (χ1) is 9.13. The summed E-state index contributed by atoms with van der Waals surface area (Å²) < 4.78 is 1.04. The fourth-order valence-corrected chi connectivity index (χ4v) is 4.35. The summed E-state index contributed by atoms with van der Waals surface area (Å²) in [5.74, 6) is -0.626. The van der Waals surface area contributed by atoms with Crippen molar-refractivity contribution in [2.45, 2.75) is 56.8 Å². The minimum absolute atomic E-state index is 0.626. The van der Waals surface area contributed by atoms with Gasteiger partial charge in [-0.2, -0.15) is 0 Å². The van der Waals surface area contributed by atoms with E-state index < -0.39 is 11.4 Å². The zero-order valence-corrected chi connectivity index (χ0v) is 12.6. The minimum atomic E-state index is -0.629. The van der Waals surface area contributed by atoms with Crippen LogP contribution in [-0.4, -0.2) is 11.1 Å². The standard InChI is InChI=1S/C16H19BrO2/c17-12-9-11-5-4-6-13(11)14(10-12)16(15(18)19)7-2-1-3-8-16/h9-10H,1-8H2,(H,18,19). The number of carboxylic acids is 1. The molecule has 0 aliphatic heterocycles. The van der Waals surface area contributed by atoms with E-state index in [-0.39, 0.29) is 0 Å². The molecule has 0 amide bonds. The van der Waals surface area contributed by atoms with Crippen molar-refractivity contribution in [3.05, 3.63) is 33.3 Å². The SMILES string of the molecule is O=C(O)C1(c2cc(Br)cc3c2CCC3)CCCCC1. The molecule has 2 nitrogen and oxygen atoms in total. The largest absolute Gasteiger partial charge is 0.481 e. The van der Waals surface area contributed by atoms with E-state index in [0.29, 0.717) is 0 Å². The molecule has 0 aromatic heterocycles. The van der Waals surface area contributed by atoms with E-state index >= 15 is 0 Å². The molecule has 0 bridgehead atoms. The van der Waals surface area contributed by atoms with Crippen LogP contribution >= 0.6 is 15.9 Å². The van der Waals surface area contributed by atoms with Crippen LogP contribution in [0, 0.1) is 0 Å². The zero-order chi connectivity index (χ0) is 13.5. The van der Waals surface area contributed by atoms with Gasteiger partial charge < -0.3 is 5.11 Å². The van der Waals surface area contributed by atoms with Crippen LogP contribution in [0.1, 0.15) is 55.2 Å². The molecule has 2 aliphatic carbocycles. The highest BCUT2D eigenvalue weighted by Gasteiger charge is 2.43. The van der Waals surface area contributed by atoms with Crippen LogP contribution in [-0.2, 0) is 23.1 Å². The molecule has 3 rings (SSSR count). The number of hydrogen-bond donors (Lipinski definition) is 1. The average Bonchev–Trinajstić information content (AvgIpc) is 2.86. The Balaban J connectivity index is 2.16. The number of halogens is 1. The van der Waals surface area contributed by atoms with Crippen molar-refractivity contribution in [3.8, 4) is 0 Å². The predicted molar refractivity (Wildman–Crippen MR) is 78.6 cm³/mol. The van der Waals surface area contributed by atoms with Gasteiger partial charge in [-0.25, -0.2) is 0 Å². The number of fused-ring (bicyclic) bond motifs is 1. The van der Waals surface area contributed by atoms with Crippen LogP contribution in [0.25, 0.3) is 0 Å². The van der Waals surface area contributed by atoms with E-state index in [0.717, 1.165) is 55.0 Å². The summed E-state index contributed by atoms with van der Waals surface area (Å²) in [6.45, 7) is 0. The second kappa shape index (κ2) is 4.93. The summed E-state index contributed by atoms with van der Waals surface area (Å²) in [6.07, 6.45) is 8.14. The Morgan fingerprint density at radius 1 is 1.11 bits per heavy atom. The van der Waals surface area contributed by atoms with Crippen LogP contribution in [0.4, 0.5) is 0 Å². The number of carbonyl (C=O) groups is 1. The topological polar surface area (TPSA) is 37.3 Å². The normalized spacial score (nSPS) is 21.1. The third-order valence-corrected chi connectivity index (χ3v) is 5.27. The molecule has 1 aromatic carbocycles. The first-order valence-electron chi connectivity index (χ1n) is 7.19. The third kappa shape index (κ3) is 2.12. The molecular formula is C16H19BrO2. The van der Waals surface area contributed by atoms with Crippen LogP contribution in [0.3, 0.4) is 0 Å². The number of benzene rings is 1. The number of carboxylic acid groups (broad SMARTS) is 1. The fourth-order valence-electron chi connectivity index (χ4n) is 3.85. The number of aryl methyl sites for hydroxylation is 1. The molecule has 0 unspecified atom stereocenters. The predicted octanol–water partition coefficient (Wildman–Crippen LogP) is 4.22. The van der Waals surface area contributed by atoms with E-state index in [1.807, 2.05) is 0 Å². The molecule has 2 aliphatic rings. The molecule has 102 valence electrons. The van der Waals surface area contributed by atoms with Gasteiger partial charge in [0.2, 0.25) is 0 Å². The third-order valence-electron chi connectivity index (χ3n) is 4.81. The van der Waals surface area contributed by atoms with Crippen LogP contribution < -0.4 is 0 Å². The summed E-state index contributed by atoms with van der Waals surface area (Å²) >= 11 is 3.56. The van der Waals surface area contributed by atoms with Crippen molar-refractivity contribution in [3.63, 3.8) is 0 Å². The van der Waals surface area contributed by atoms with Gasteiger partial charge in [-0.3, -0.25) is 4.79 Å². The van der Waals surface area contributed by atoms with Crippen molar-refractivity contribution in [1.82, 2.24) is 0 Å². The molecule has 0 saturated heterocycles. The maximum absolute atomic E-state index is 12.0. The molecule has 0 heterocycles. The lowest BCUT2D eigenvalue weighted by molar-refractivity contribution is -0.145. The van der Waals surface area contributed by atoms with Gasteiger partial charge in [-0.05, 0) is 60.9 Å². The van der Waals surface area contributed by atoms with Gasteiger partial charge in [0.15, 0.2) is 0 Å². The first kappa shape index (κ1) is 13.2. The Labute approximate surface area is 122 Å². The van der Waals surface area contributed by atoms with E-state index in [1.165, 1.54) is 17.5 Å². The van der Waals surface area contributed by atoms with Crippen molar-refractivity contribution < 1.29 is 9.90 Å². The molecule has 0 radical (unpaired) electrons. The van der Waals surface area contributed by atoms with Gasteiger partial charge >= 0.3 is 5.97 Å². The van der Waals surface area contributed by atoms with Crippen molar-refractivity contribution in [1.29, 1.82) is 0 Å². The van der Waals surface area contributed by atoms with E-state index in [2.05, 4.69) is 28.1 Å². The number of hydrogen-bond acceptors (Lipinski definition) is 1. The molecule has 1 saturated carbocycles. The van der Waals surface area contributed by atoms with Crippen LogP contribution in [0.15, 0.2) is 16.6 Å². The second-order valence-corrected chi connectivity index (χ2v) is 6.81. The Bertz CT molecular complexity index is 516. The van der Waals surface area contributed by atoms with Crippen molar-refractivity contribution in [2.24, 2.45) is 0 Å². The molecule has 0 atom stereocenters. The van der Waals surface area contributed by atoms with Gasteiger partial charge in [0.25, 0.3) is 0 Å². The van der Waals surface area contributed by atoms with Gasteiger partial charge in [0, 0.05) is 4.47 Å². The molecular weight excluding hydrogens is 304 g/mol. The van der Waals surface area contributed by atoms with Gasteiger partial charge in [-0.1, -0.05) is 35.2 Å². The molecule has 1 fully saturated rings. The highest BCUT2D eigenvalue weighted by molar-refractivity contribution is 9.10. The summed E-state index contributed by atoms with van der Waals surface area (Å²) in [7, 11) is 0. The lowest BCUT2D eigenvalue weighted by atomic mass is 9.68. The van der Waals surface area contributed by atoms with Gasteiger partial charge in [0.1, 0.15) is 0 Å². The first-order valence-corrected chi connectivity index (χ1v) is 7.98. The van der Waals surface area contributed by atoms with Crippen LogP contribution in [0.2, 0.25) is 0 Å². The maximum atomic E-state index is 12.0. The van der Waals surface area contributed by atoms with Crippen LogP contribution in [0.5, 0.6) is 0 Å². The molecule has 1 aromatic rings. The van der Waals surface area contributed by atoms with E-state index in [1.54, 1.807) is 0 Å². The van der Waals surface area contributed by atoms with E-state index in [9.17, 15) is 9.90 Å². The fraction of sp³-hybridized carbons (Fsp3) is 0.562. The highest BCUT2D eigenvalue weighted by Crippen LogP contribution is 2.44. The smallest absolute Gasteiger partial charge is 0.314 e. The lowest BCUT2D eigenvalue weighted by Gasteiger charge is -2.35. The number of aliphatic carboxylic acids is 1.